The number of hydrogen-bond acceptors (Lipinski definition) is 2. The second-order valence-corrected chi connectivity index (χ2v) is 5.18. The van der Waals surface area contributed by atoms with Crippen molar-refractivity contribution in [3.63, 3.8) is 0 Å². The molecule has 1 aliphatic carbocycles. The van der Waals surface area contributed by atoms with E-state index in [4.69, 9.17) is 10.1 Å². The van der Waals surface area contributed by atoms with Gasteiger partial charge < -0.3 is 10.1 Å². The zero-order chi connectivity index (χ0) is 12.8. The van der Waals surface area contributed by atoms with Crippen LogP contribution in [0.15, 0.2) is 24.3 Å². The van der Waals surface area contributed by atoms with Gasteiger partial charge in [-0.1, -0.05) is 32.1 Å². The van der Waals surface area contributed by atoms with Crippen molar-refractivity contribution in [2.45, 2.75) is 44.9 Å². The Hall–Kier alpha value is -1.31. The molecule has 2 heteroatoms. The molecule has 1 aliphatic rings. The summed E-state index contributed by atoms with van der Waals surface area (Å²) in [6, 6.07) is 7.93. The summed E-state index contributed by atoms with van der Waals surface area (Å²) in [7, 11) is 1.68. The highest BCUT2D eigenvalue weighted by atomic mass is 16.5. The van der Waals surface area contributed by atoms with Crippen LogP contribution in [0, 0.1) is 11.3 Å². The maximum absolute atomic E-state index is 8.38. The first-order chi connectivity index (χ1) is 8.81. The van der Waals surface area contributed by atoms with Crippen LogP contribution in [-0.4, -0.2) is 12.8 Å². The van der Waals surface area contributed by atoms with Crippen LogP contribution in [0.2, 0.25) is 0 Å². The van der Waals surface area contributed by atoms with Crippen molar-refractivity contribution < 1.29 is 4.74 Å². The van der Waals surface area contributed by atoms with E-state index in [1.54, 1.807) is 7.11 Å². The van der Waals surface area contributed by atoms with E-state index in [0.29, 0.717) is 5.92 Å². The molecular formula is C16H23NO. The van der Waals surface area contributed by atoms with Crippen LogP contribution in [0.1, 0.15) is 50.5 Å². The molecule has 0 aromatic heterocycles. The molecule has 18 heavy (non-hydrogen) atoms. The number of rotatable bonds is 3. The minimum Gasteiger partial charge on any atom is -0.497 e. The smallest absolute Gasteiger partial charge is 0.118 e. The molecule has 0 amide bonds. The first kappa shape index (κ1) is 13.1. The lowest BCUT2D eigenvalue weighted by atomic mass is 9.85. The predicted octanol–water partition coefficient (Wildman–Crippen LogP) is 4.42. The highest BCUT2D eigenvalue weighted by Crippen LogP contribution is 2.26. The fourth-order valence-corrected chi connectivity index (χ4v) is 2.75. The van der Waals surface area contributed by atoms with E-state index in [1.807, 2.05) is 24.3 Å². The molecule has 98 valence electrons. The van der Waals surface area contributed by atoms with E-state index in [2.05, 4.69) is 0 Å². The first-order valence-electron chi connectivity index (χ1n) is 7.04. The number of benzene rings is 1. The Morgan fingerprint density at radius 3 is 2.11 bits per heavy atom. The van der Waals surface area contributed by atoms with Gasteiger partial charge in [0, 0.05) is 11.6 Å². The highest BCUT2D eigenvalue weighted by molar-refractivity contribution is 6.00. The van der Waals surface area contributed by atoms with E-state index in [1.165, 1.54) is 44.9 Å². The van der Waals surface area contributed by atoms with E-state index < -0.39 is 0 Å². The topological polar surface area (TPSA) is 33.1 Å². The molecule has 2 rings (SSSR count). The van der Waals surface area contributed by atoms with Gasteiger partial charge in [-0.2, -0.15) is 0 Å². The van der Waals surface area contributed by atoms with Gasteiger partial charge in [-0.05, 0) is 42.7 Å². The molecule has 0 bridgehead atoms. The molecule has 0 atom stereocenters. The second-order valence-electron chi connectivity index (χ2n) is 5.18. The van der Waals surface area contributed by atoms with Crippen molar-refractivity contribution in [1.29, 1.82) is 5.41 Å². The van der Waals surface area contributed by atoms with Crippen LogP contribution in [0.4, 0.5) is 0 Å². The van der Waals surface area contributed by atoms with Gasteiger partial charge in [0.2, 0.25) is 0 Å². The average molecular weight is 245 g/mol. The van der Waals surface area contributed by atoms with Crippen molar-refractivity contribution in [3.8, 4) is 5.75 Å². The van der Waals surface area contributed by atoms with Crippen LogP contribution >= 0.6 is 0 Å². The molecule has 1 aromatic rings. The van der Waals surface area contributed by atoms with Crippen molar-refractivity contribution in [3.05, 3.63) is 29.8 Å². The average Bonchev–Trinajstić information content (AvgIpc) is 2.38. The van der Waals surface area contributed by atoms with Crippen LogP contribution in [0.25, 0.3) is 0 Å². The lowest BCUT2D eigenvalue weighted by Gasteiger charge is -2.20. The summed E-state index contributed by atoms with van der Waals surface area (Å²) in [5.41, 5.74) is 1.88. The highest BCUT2D eigenvalue weighted by Gasteiger charge is 2.17. The molecular weight excluding hydrogens is 222 g/mol. The Morgan fingerprint density at radius 2 is 1.56 bits per heavy atom. The van der Waals surface area contributed by atoms with Crippen LogP contribution in [-0.2, 0) is 0 Å². The number of nitrogens with one attached hydrogen (secondary N) is 1. The normalized spacial score (nSPS) is 17.8. The van der Waals surface area contributed by atoms with Gasteiger partial charge in [-0.15, -0.1) is 0 Å². The van der Waals surface area contributed by atoms with E-state index in [9.17, 15) is 0 Å². The first-order valence-corrected chi connectivity index (χ1v) is 7.04. The molecule has 0 radical (unpaired) electrons. The maximum atomic E-state index is 8.38. The Bertz CT molecular complexity index is 375. The summed E-state index contributed by atoms with van der Waals surface area (Å²) in [5, 5.41) is 8.38. The zero-order valence-electron chi connectivity index (χ0n) is 11.2. The summed E-state index contributed by atoms with van der Waals surface area (Å²) in [6.07, 6.45) is 8.99. The van der Waals surface area contributed by atoms with Gasteiger partial charge in [0.15, 0.2) is 0 Å². The Morgan fingerprint density at radius 1 is 1.00 bits per heavy atom. The lowest BCUT2D eigenvalue weighted by molar-refractivity contribution is 0.414. The van der Waals surface area contributed by atoms with Gasteiger partial charge in [0.25, 0.3) is 0 Å². The van der Waals surface area contributed by atoms with Gasteiger partial charge in [0.05, 0.1) is 7.11 Å². The summed E-state index contributed by atoms with van der Waals surface area (Å²) >= 11 is 0. The molecule has 1 aromatic carbocycles. The second kappa shape index (κ2) is 6.58. The SMILES string of the molecule is COc1ccc(C(=N)C2CCCCCCC2)cc1. The minimum atomic E-state index is 0.457. The molecule has 1 saturated carbocycles. The molecule has 0 unspecified atom stereocenters. The quantitative estimate of drug-likeness (QED) is 0.785. The Labute approximate surface area is 110 Å². The standard InChI is InChI=1S/C16H23NO/c1-18-15-11-9-14(10-12-15)16(17)13-7-5-3-2-4-6-8-13/h9-13,17H,2-8H2,1H3. The van der Waals surface area contributed by atoms with Gasteiger partial charge in [-0.3, -0.25) is 0 Å². The monoisotopic (exact) mass is 245 g/mol. The minimum absolute atomic E-state index is 0.457. The summed E-state index contributed by atoms with van der Waals surface area (Å²) in [6.45, 7) is 0. The van der Waals surface area contributed by atoms with Gasteiger partial charge in [0.1, 0.15) is 5.75 Å². The fourth-order valence-electron chi connectivity index (χ4n) is 2.75. The summed E-state index contributed by atoms with van der Waals surface area (Å²) in [5.74, 6) is 1.32. The molecule has 0 saturated heterocycles. The van der Waals surface area contributed by atoms with Gasteiger partial charge >= 0.3 is 0 Å². The zero-order valence-corrected chi connectivity index (χ0v) is 11.2. The molecule has 2 nitrogen and oxygen atoms in total. The van der Waals surface area contributed by atoms with Crippen molar-refractivity contribution >= 4 is 5.71 Å². The summed E-state index contributed by atoms with van der Waals surface area (Å²) in [4.78, 5) is 0. The molecule has 0 heterocycles. The molecule has 0 spiro atoms. The third-order valence-electron chi connectivity index (χ3n) is 3.91. The van der Waals surface area contributed by atoms with E-state index in [-0.39, 0.29) is 0 Å². The Balaban J connectivity index is 2.03. The number of methoxy groups -OCH3 is 1. The number of hydrogen-bond donors (Lipinski definition) is 1. The van der Waals surface area contributed by atoms with Gasteiger partial charge in [-0.25, -0.2) is 0 Å². The van der Waals surface area contributed by atoms with Crippen molar-refractivity contribution in [1.82, 2.24) is 0 Å². The third-order valence-corrected chi connectivity index (χ3v) is 3.91. The maximum Gasteiger partial charge on any atom is 0.118 e. The van der Waals surface area contributed by atoms with Crippen LogP contribution in [0.3, 0.4) is 0 Å². The fraction of sp³-hybridized carbons (Fsp3) is 0.562. The van der Waals surface area contributed by atoms with Crippen LogP contribution in [0.5, 0.6) is 5.75 Å². The van der Waals surface area contributed by atoms with E-state index in [0.717, 1.165) is 17.0 Å². The van der Waals surface area contributed by atoms with Crippen molar-refractivity contribution in [2.75, 3.05) is 7.11 Å². The van der Waals surface area contributed by atoms with Crippen molar-refractivity contribution in [2.24, 2.45) is 5.92 Å². The molecule has 0 aliphatic heterocycles. The third kappa shape index (κ3) is 3.34. The van der Waals surface area contributed by atoms with Crippen LogP contribution < -0.4 is 4.74 Å². The summed E-state index contributed by atoms with van der Waals surface area (Å²) < 4.78 is 5.16. The van der Waals surface area contributed by atoms with E-state index >= 15 is 0 Å². The number of ether oxygens (including phenoxy) is 1. The lowest BCUT2D eigenvalue weighted by Crippen LogP contribution is -2.16. The largest absolute Gasteiger partial charge is 0.497 e. The molecule has 1 N–H and O–H groups in total. The molecule has 1 fully saturated rings. The Kier molecular flexibility index (Phi) is 4.80. The predicted molar refractivity (Wildman–Crippen MR) is 75.6 cm³/mol.